The van der Waals surface area contributed by atoms with Crippen molar-refractivity contribution in [3.8, 4) is 0 Å². The summed E-state index contributed by atoms with van der Waals surface area (Å²) in [5, 5.41) is 0. The highest BCUT2D eigenvalue weighted by molar-refractivity contribution is 7.52. The zero-order valence-electron chi connectivity index (χ0n) is 8.54. The van der Waals surface area contributed by atoms with E-state index >= 15 is 0 Å². The number of carbonyl (C=O) groups is 1. The molecular weight excluding hydrogens is 217 g/mol. The van der Waals surface area contributed by atoms with E-state index in [1.165, 1.54) is 20.0 Å². The SMILES string of the molecule is COP(C)(=O)OCC(=O)c1cccnc1. The zero-order chi connectivity index (χ0) is 11.3. The largest absolute Gasteiger partial charge is 0.327 e. The summed E-state index contributed by atoms with van der Waals surface area (Å²) in [6, 6.07) is 3.27. The summed E-state index contributed by atoms with van der Waals surface area (Å²) in [4.78, 5) is 15.3. The molecule has 0 amide bonds. The summed E-state index contributed by atoms with van der Waals surface area (Å²) in [6.45, 7) is 1.04. The lowest BCUT2D eigenvalue weighted by Gasteiger charge is -2.09. The van der Waals surface area contributed by atoms with Gasteiger partial charge >= 0.3 is 7.60 Å². The smallest absolute Gasteiger partial charge is 0.312 e. The van der Waals surface area contributed by atoms with Gasteiger partial charge in [0.2, 0.25) is 0 Å². The average molecular weight is 229 g/mol. The number of rotatable bonds is 5. The van der Waals surface area contributed by atoms with Crippen molar-refractivity contribution in [3.05, 3.63) is 30.1 Å². The number of ketones is 1. The number of nitrogens with zero attached hydrogens (tertiary/aromatic N) is 1. The van der Waals surface area contributed by atoms with Gasteiger partial charge in [0.05, 0.1) is 0 Å². The van der Waals surface area contributed by atoms with Gasteiger partial charge in [-0.15, -0.1) is 0 Å². The fourth-order valence-electron chi connectivity index (χ4n) is 0.840. The minimum Gasteiger partial charge on any atom is -0.312 e. The van der Waals surface area contributed by atoms with Crippen molar-refractivity contribution < 1.29 is 18.4 Å². The maximum Gasteiger partial charge on any atom is 0.327 e. The summed E-state index contributed by atoms with van der Waals surface area (Å²) < 4.78 is 20.7. The molecule has 1 heterocycles. The minimum absolute atomic E-state index is 0.271. The van der Waals surface area contributed by atoms with Crippen LogP contribution in [0, 0.1) is 0 Å². The van der Waals surface area contributed by atoms with Gasteiger partial charge in [-0.05, 0) is 12.1 Å². The molecule has 0 aliphatic rings. The Labute approximate surface area is 88.0 Å². The Morgan fingerprint density at radius 2 is 2.33 bits per heavy atom. The van der Waals surface area contributed by atoms with E-state index in [0.29, 0.717) is 5.56 Å². The fourth-order valence-corrected chi connectivity index (χ4v) is 1.30. The molecule has 1 atom stereocenters. The van der Waals surface area contributed by atoms with E-state index < -0.39 is 7.60 Å². The van der Waals surface area contributed by atoms with Crippen LogP contribution in [0.5, 0.6) is 0 Å². The van der Waals surface area contributed by atoms with Crippen LogP contribution in [0.4, 0.5) is 0 Å². The van der Waals surface area contributed by atoms with Gasteiger partial charge in [-0.3, -0.25) is 14.3 Å². The molecule has 1 aromatic rings. The van der Waals surface area contributed by atoms with Crippen LogP contribution in [-0.4, -0.2) is 31.1 Å². The topological polar surface area (TPSA) is 65.5 Å². The lowest BCUT2D eigenvalue weighted by Crippen LogP contribution is -2.08. The van der Waals surface area contributed by atoms with Gasteiger partial charge in [-0.1, -0.05) is 0 Å². The third-order valence-corrected chi connectivity index (χ3v) is 3.01. The lowest BCUT2D eigenvalue weighted by molar-refractivity contribution is 0.0906. The first-order valence-corrected chi connectivity index (χ1v) is 6.25. The molecule has 6 heteroatoms. The molecule has 0 N–H and O–H groups in total. The predicted molar refractivity (Wildman–Crippen MR) is 55.1 cm³/mol. The Kier molecular flexibility index (Phi) is 4.15. The first-order chi connectivity index (χ1) is 7.05. The molecule has 0 aliphatic heterocycles. The molecule has 0 spiro atoms. The van der Waals surface area contributed by atoms with Crippen LogP contribution in [0.2, 0.25) is 0 Å². The molecule has 1 aromatic heterocycles. The maximum absolute atomic E-state index is 11.5. The monoisotopic (exact) mass is 229 g/mol. The quantitative estimate of drug-likeness (QED) is 0.568. The van der Waals surface area contributed by atoms with Gasteiger partial charge in [-0.25, -0.2) is 0 Å². The van der Waals surface area contributed by atoms with E-state index in [9.17, 15) is 9.36 Å². The Bertz CT molecular complexity index is 379. The van der Waals surface area contributed by atoms with Gasteiger partial charge in [0.1, 0.15) is 6.61 Å². The van der Waals surface area contributed by atoms with Crippen molar-refractivity contribution in [1.29, 1.82) is 0 Å². The first-order valence-electron chi connectivity index (χ1n) is 4.26. The normalized spacial score (nSPS) is 14.5. The van der Waals surface area contributed by atoms with Crippen molar-refractivity contribution in [2.24, 2.45) is 0 Å². The van der Waals surface area contributed by atoms with E-state index in [0.717, 1.165) is 0 Å². The van der Waals surface area contributed by atoms with Gasteiger partial charge in [0.25, 0.3) is 0 Å². The van der Waals surface area contributed by atoms with E-state index in [2.05, 4.69) is 9.51 Å². The highest BCUT2D eigenvalue weighted by Crippen LogP contribution is 2.42. The van der Waals surface area contributed by atoms with Crippen molar-refractivity contribution >= 4 is 13.4 Å². The summed E-state index contributed by atoms with van der Waals surface area (Å²) in [6.07, 6.45) is 3.00. The molecular formula is C9H12NO4P. The van der Waals surface area contributed by atoms with Crippen molar-refractivity contribution in [3.63, 3.8) is 0 Å². The third-order valence-electron chi connectivity index (χ3n) is 1.75. The average Bonchev–Trinajstić information content (AvgIpc) is 2.27. The molecule has 0 saturated carbocycles. The number of pyridine rings is 1. The number of carbonyl (C=O) groups excluding carboxylic acids is 1. The number of aromatic nitrogens is 1. The lowest BCUT2D eigenvalue weighted by atomic mass is 10.2. The van der Waals surface area contributed by atoms with Crippen LogP contribution in [0.25, 0.3) is 0 Å². The highest BCUT2D eigenvalue weighted by atomic mass is 31.2. The van der Waals surface area contributed by atoms with Crippen LogP contribution in [0.1, 0.15) is 10.4 Å². The second kappa shape index (κ2) is 5.16. The van der Waals surface area contributed by atoms with Crippen LogP contribution in [-0.2, 0) is 13.6 Å². The van der Waals surface area contributed by atoms with Gasteiger partial charge in [0.15, 0.2) is 5.78 Å². The van der Waals surface area contributed by atoms with Gasteiger partial charge < -0.3 is 9.05 Å². The van der Waals surface area contributed by atoms with E-state index in [1.807, 2.05) is 0 Å². The molecule has 0 aliphatic carbocycles. The van der Waals surface area contributed by atoms with Crippen molar-refractivity contribution in [2.45, 2.75) is 0 Å². The Hall–Kier alpha value is -1.03. The molecule has 1 rings (SSSR count). The number of Topliss-reactive ketones (excluding diaryl/α,β-unsaturated/α-hetero) is 1. The Morgan fingerprint density at radius 1 is 1.60 bits per heavy atom. The summed E-state index contributed by atoms with van der Waals surface area (Å²) in [7, 11) is -1.82. The molecule has 0 radical (unpaired) electrons. The van der Waals surface area contributed by atoms with E-state index in [4.69, 9.17) is 4.52 Å². The summed E-state index contributed by atoms with van der Waals surface area (Å²) in [5.74, 6) is -0.276. The zero-order valence-corrected chi connectivity index (χ0v) is 9.44. The molecule has 82 valence electrons. The van der Waals surface area contributed by atoms with Crippen molar-refractivity contribution in [1.82, 2.24) is 4.98 Å². The van der Waals surface area contributed by atoms with Gasteiger partial charge in [-0.2, -0.15) is 0 Å². The number of hydrogen-bond donors (Lipinski definition) is 0. The van der Waals surface area contributed by atoms with E-state index in [-0.39, 0.29) is 12.4 Å². The molecule has 1 unspecified atom stereocenters. The van der Waals surface area contributed by atoms with Crippen LogP contribution >= 0.6 is 7.60 Å². The molecule has 0 fully saturated rings. The second-order valence-corrected chi connectivity index (χ2v) is 5.06. The molecule has 0 saturated heterocycles. The van der Waals surface area contributed by atoms with Gasteiger partial charge in [0, 0.05) is 31.7 Å². The molecule has 0 aromatic carbocycles. The summed E-state index contributed by atoms with van der Waals surface area (Å²) >= 11 is 0. The van der Waals surface area contributed by atoms with Crippen LogP contribution in [0.15, 0.2) is 24.5 Å². The summed E-state index contributed by atoms with van der Waals surface area (Å²) in [5.41, 5.74) is 0.425. The minimum atomic E-state index is -3.09. The van der Waals surface area contributed by atoms with E-state index in [1.54, 1.807) is 18.3 Å². The molecule has 5 nitrogen and oxygen atoms in total. The number of hydrogen-bond acceptors (Lipinski definition) is 5. The molecule has 0 bridgehead atoms. The highest BCUT2D eigenvalue weighted by Gasteiger charge is 2.17. The Morgan fingerprint density at radius 3 is 2.87 bits per heavy atom. The Balaban J connectivity index is 2.55. The molecule has 15 heavy (non-hydrogen) atoms. The fraction of sp³-hybridized carbons (Fsp3) is 0.333. The first kappa shape index (κ1) is 12.0. The maximum atomic E-state index is 11.5. The third kappa shape index (κ3) is 3.91. The van der Waals surface area contributed by atoms with Crippen LogP contribution < -0.4 is 0 Å². The standard InChI is InChI=1S/C9H12NO4P/c1-13-15(2,12)14-7-9(11)8-4-3-5-10-6-8/h3-6H,7H2,1-2H3. The van der Waals surface area contributed by atoms with Crippen molar-refractivity contribution in [2.75, 3.05) is 20.4 Å². The second-order valence-electron chi connectivity index (χ2n) is 2.89. The predicted octanol–water partition coefficient (Wildman–Crippen LogP) is 1.75. The van der Waals surface area contributed by atoms with Crippen LogP contribution in [0.3, 0.4) is 0 Å².